The van der Waals surface area contributed by atoms with Gasteiger partial charge in [0.05, 0.1) is 10.6 Å². The Balaban J connectivity index is 1.74. The van der Waals surface area contributed by atoms with Crippen LogP contribution in [-0.2, 0) is 27.7 Å². The lowest BCUT2D eigenvalue weighted by atomic mass is 10.1. The van der Waals surface area contributed by atoms with E-state index < -0.39 is 10.0 Å². The highest BCUT2D eigenvalue weighted by Crippen LogP contribution is 2.30. The Kier molecular flexibility index (Phi) is 5.59. The summed E-state index contributed by atoms with van der Waals surface area (Å²) in [4.78, 5) is 15.2. The van der Waals surface area contributed by atoms with Crippen LogP contribution in [0.25, 0.3) is 0 Å². The van der Waals surface area contributed by atoms with Gasteiger partial charge in [-0.25, -0.2) is 8.42 Å². The van der Waals surface area contributed by atoms with Gasteiger partial charge in [-0.2, -0.15) is 0 Å². The van der Waals surface area contributed by atoms with E-state index in [1.807, 2.05) is 43.3 Å². The van der Waals surface area contributed by atoms with Gasteiger partial charge in [-0.05, 0) is 48.2 Å². The van der Waals surface area contributed by atoms with Crippen LogP contribution in [0.5, 0.6) is 0 Å². The van der Waals surface area contributed by atoms with Gasteiger partial charge in [-0.1, -0.05) is 61.5 Å². The lowest BCUT2D eigenvalue weighted by Gasteiger charge is -2.28. The molecule has 1 aliphatic rings. The zero-order chi connectivity index (χ0) is 21.1. The van der Waals surface area contributed by atoms with Gasteiger partial charge in [0.2, 0.25) is 5.91 Å². The molecule has 1 heterocycles. The van der Waals surface area contributed by atoms with Crippen molar-refractivity contribution in [1.82, 2.24) is 0 Å². The molecule has 4 rings (SSSR count). The number of carbonyl (C=O) groups excluding carboxylic acids is 1. The monoisotopic (exact) mass is 420 g/mol. The molecule has 30 heavy (non-hydrogen) atoms. The number of benzene rings is 3. The van der Waals surface area contributed by atoms with Gasteiger partial charge in [0.15, 0.2) is 0 Å². The number of rotatable bonds is 6. The number of amides is 1. The summed E-state index contributed by atoms with van der Waals surface area (Å²) in [5.74, 6) is -0.231. The number of aryl methyl sites for hydroxylation is 1. The summed E-state index contributed by atoms with van der Waals surface area (Å²) in [6.07, 6.45) is 1.44. The molecule has 3 aromatic carbocycles. The number of sulfonamides is 1. The number of fused-ring (bicyclic) bond motifs is 1. The van der Waals surface area contributed by atoms with Crippen molar-refractivity contribution in [2.45, 2.75) is 24.7 Å². The van der Waals surface area contributed by atoms with Crippen LogP contribution in [0.1, 0.15) is 18.1 Å². The summed E-state index contributed by atoms with van der Waals surface area (Å²) in [5, 5.41) is 0. The third-order valence-electron chi connectivity index (χ3n) is 5.44. The lowest BCUT2D eigenvalue weighted by Crippen LogP contribution is -2.43. The minimum atomic E-state index is -3.90. The van der Waals surface area contributed by atoms with Crippen molar-refractivity contribution in [1.29, 1.82) is 0 Å². The number of nitrogens with zero attached hydrogens (tertiary/aromatic N) is 2. The fourth-order valence-corrected chi connectivity index (χ4v) is 5.35. The fourth-order valence-electron chi connectivity index (χ4n) is 3.88. The van der Waals surface area contributed by atoms with Crippen molar-refractivity contribution >= 4 is 27.3 Å². The molecule has 0 saturated carbocycles. The topological polar surface area (TPSA) is 57.7 Å². The van der Waals surface area contributed by atoms with Crippen LogP contribution in [0.3, 0.4) is 0 Å². The van der Waals surface area contributed by atoms with E-state index in [2.05, 4.69) is 0 Å². The first kappa shape index (κ1) is 20.2. The lowest BCUT2D eigenvalue weighted by molar-refractivity contribution is -0.117. The van der Waals surface area contributed by atoms with Gasteiger partial charge in [0, 0.05) is 12.2 Å². The predicted molar refractivity (Wildman–Crippen MR) is 119 cm³/mol. The minimum Gasteiger partial charge on any atom is -0.310 e. The maximum absolute atomic E-state index is 13.6. The summed E-state index contributed by atoms with van der Waals surface area (Å²) < 4.78 is 28.4. The third kappa shape index (κ3) is 3.71. The molecule has 1 aliphatic heterocycles. The van der Waals surface area contributed by atoms with Crippen molar-refractivity contribution in [3.8, 4) is 0 Å². The van der Waals surface area contributed by atoms with Crippen molar-refractivity contribution in [2.75, 3.05) is 22.3 Å². The smallest absolute Gasteiger partial charge is 0.264 e. The molecule has 0 radical (unpaired) electrons. The Hall–Kier alpha value is -3.12. The van der Waals surface area contributed by atoms with Crippen LogP contribution >= 0.6 is 0 Å². The number of hydrogen-bond acceptors (Lipinski definition) is 3. The Labute approximate surface area is 177 Å². The maximum Gasteiger partial charge on any atom is 0.264 e. The van der Waals surface area contributed by atoms with E-state index in [0.717, 1.165) is 23.2 Å². The van der Waals surface area contributed by atoms with E-state index in [-0.39, 0.29) is 17.3 Å². The van der Waals surface area contributed by atoms with Crippen LogP contribution in [0, 0.1) is 0 Å². The molecule has 0 spiro atoms. The molecule has 0 bridgehead atoms. The summed E-state index contributed by atoms with van der Waals surface area (Å²) in [6.45, 7) is 2.29. The minimum absolute atomic E-state index is 0.172. The average molecular weight is 421 g/mol. The van der Waals surface area contributed by atoms with Gasteiger partial charge in [0.25, 0.3) is 10.0 Å². The van der Waals surface area contributed by atoms with Crippen LogP contribution in [0.2, 0.25) is 0 Å². The first-order valence-electron chi connectivity index (χ1n) is 10.1. The van der Waals surface area contributed by atoms with Gasteiger partial charge < -0.3 is 4.90 Å². The van der Waals surface area contributed by atoms with Crippen molar-refractivity contribution in [2.24, 2.45) is 0 Å². The molecule has 154 valence electrons. The molecule has 0 aromatic heterocycles. The summed E-state index contributed by atoms with van der Waals surface area (Å²) >= 11 is 0. The SMILES string of the molecule is CCc1ccccc1N(CC(=O)N1CCc2ccccc21)S(=O)(=O)c1ccccc1. The van der Waals surface area contributed by atoms with Crippen molar-refractivity contribution < 1.29 is 13.2 Å². The molecule has 0 fully saturated rings. The van der Waals surface area contributed by atoms with Gasteiger partial charge in [-0.3, -0.25) is 9.10 Å². The Bertz CT molecular complexity index is 1160. The quantitative estimate of drug-likeness (QED) is 0.605. The van der Waals surface area contributed by atoms with E-state index in [9.17, 15) is 13.2 Å². The zero-order valence-corrected chi connectivity index (χ0v) is 17.7. The van der Waals surface area contributed by atoms with E-state index in [1.54, 1.807) is 47.4 Å². The molecule has 3 aromatic rings. The summed E-state index contributed by atoms with van der Waals surface area (Å²) in [6, 6.07) is 23.4. The van der Waals surface area contributed by atoms with Crippen molar-refractivity contribution in [3.63, 3.8) is 0 Å². The molecule has 0 aliphatic carbocycles. The largest absolute Gasteiger partial charge is 0.310 e. The summed E-state index contributed by atoms with van der Waals surface area (Å²) in [7, 11) is -3.90. The van der Waals surface area contributed by atoms with Crippen LogP contribution in [0.15, 0.2) is 83.8 Å². The average Bonchev–Trinajstić information content (AvgIpc) is 3.22. The first-order chi connectivity index (χ1) is 14.5. The number of hydrogen-bond donors (Lipinski definition) is 0. The fraction of sp³-hybridized carbons (Fsp3) is 0.208. The highest BCUT2D eigenvalue weighted by atomic mass is 32.2. The maximum atomic E-state index is 13.6. The van der Waals surface area contributed by atoms with Gasteiger partial charge in [0.1, 0.15) is 6.54 Å². The van der Waals surface area contributed by atoms with Gasteiger partial charge in [-0.15, -0.1) is 0 Å². The number of anilines is 2. The second-order valence-corrected chi connectivity index (χ2v) is 9.09. The molecule has 0 N–H and O–H groups in total. The zero-order valence-electron chi connectivity index (χ0n) is 16.9. The van der Waals surface area contributed by atoms with E-state index in [0.29, 0.717) is 18.7 Å². The second-order valence-electron chi connectivity index (χ2n) is 7.23. The first-order valence-corrected chi connectivity index (χ1v) is 11.5. The van der Waals surface area contributed by atoms with E-state index >= 15 is 0 Å². The number of para-hydroxylation sites is 2. The Morgan fingerprint density at radius 1 is 0.933 bits per heavy atom. The van der Waals surface area contributed by atoms with Crippen LogP contribution in [-0.4, -0.2) is 27.4 Å². The van der Waals surface area contributed by atoms with Crippen molar-refractivity contribution in [3.05, 3.63) is 90.0 Å². The Morgan fingerprint density at radius 2 is 1.60 bits per heavy atom. The molecule has 0 saturated heterocycles. The normalized spacial score (nSPS) is 13.2. The second kappa shape index (κ2) is 8.32. The highest BCUT2D eigenvalue weighted by Gasteiger charge is 2.32. The Morgan fingerprint density at radius 3 is 2.37 bits per heavy atom. The van der Waals surface area contributed by atoms with Gasteiger partial charge >= 0.3 is 0 Å². The van der Waals surface area contributed by atoms with E-state index in [4.69, 9.17) is 0 Å². The molecule has 5 nitrogen and oxygen atoms in total. The summed E-state index contributed by atoms with van der Waals surface area (Å²) in [5.41, 5.74) is 3.40. The molecule has 1 amide bonds. The molecule has 0 unspecified atom stereocenters. The highest BCUT2D eigenvalue weighted by molar-refractivity contribution is 7.92. The molecular weight excluding hydrogens is 396 g/mol. The van der Waals surface area contributed by atoms with Crippen LogP contribution in [0.4, 0.5) is 11.4 Å². The standard InChI is InChI=1S/C24H24N2O3S/c1-2-19-10-6-9-15-23(19)26(30(28,29)21-12-4-3-5-13-21)18-24(27)25-17-16-20-11-7-8-14-22(20)25/h3-15H,2,16-18H2,1H3. The van der Waals surface area contributed by atoms with E-state index in [1.165, 1.54) is 4.31 Å². The van der Waals surface area contributed by atoms with Crippen LogP contribution < -0.4 is 9.21 Å². The molecular formula is C24H24N2O3S. The number of carbonyl (C=O) groups is 1. The molecule has 0 atom stereocenters. The third-order valence-corrected chi connectivity index (χ3v) is 7.21. The predicted octanol–water partition coefficient (Wildman–Crippen LogP) is 4.03. The molecule has 6 heteroatoms.